The lowest BCUT2D eigenvalue weighted by Crippen LogP contribution is -2.30. The van der Waals surface area contributed by atoms with Crippen LogP contribution in [0.15, 0.2) is 24.4 Å². The van der Waals surface area contributed by atoms with Gasteiger partial charge < -0.3 is 9.64 Å². The van der Waals surface area contributed by atoms with Gasteiger partial charge in [-0.15, -0.1) is 5.10 Å². The number of likely N-dealkylation sites (tertiary alicyclic amines) is 1. The van der Waals surface area contributed by atoms with Gasteiger partial charge in [-0.05, 0) is 43.9 Å². The van der Waals surface area contributed by atoms with Crippen LogP contribution in [0.1, 0.15) is 46.9 Å². The molecule has 2 fully saturated rings. The molecular formula is C19H21FN4O2. The van der Waals surface area contributed by atoms with Crippen LogP contribution in [0.5, 0.6) is 5.88 Å². The molecule has 7 heteroatoms. The first-order valence-electron chi connectivity index (χ1n) is 8.98. The average molecular weight is 356 g/mol. The van der Waals surface area contributed by atoms with Crippen molar-refractivity contribution in [3.05, 3.63) is 47.2 Å². The van der Waals surface area contributed by atoms with Crippen molar-refractivity contribution in [1.29, 1.82) is 0 Å². The van der Waals surface area contributed by atoms with E-state index in [1.807, 2.05) is 12.1 Å². The van der Waals surface area contributed by atoms with Crippen LogP contribution < -0.4 is 4.74 Å². The Balaban J connectivity index is 1.30. The van der Waals surface area contributed by atoms with Gasteiger partial charge in [0, 0.05) is 31.0 Å². The molecular weight excluding hydrogens is 335 g/mol. The first-order chi connectivity index (χ1) is 12.6. The minimum atomic E-state index is -0.400. The summed E-state index contributed by atoms with van der Waals surface area (Å²) in [7, 11) is 0. The smallest absolute Gasteiger partial charge is 0.272 e. The second kappa shape index (κ2) is 6.97. The molecule has 1 saturated carbocycles. The summed E-state index contributed by atoms with van der Waals surface area (Å²) in [6.45, 7) is 3.38. The fraction of sp³-hybridized carbons (Fsp3) is 0.474. The minimum Gasteiger partial charge on any atom is -0.476 e. The molecule has 1 atom stereocenters. The molecule has 0 spiro atoms. The van der Waals surface area contributed by atoms with Crippen LogP contribution in [-0.2, 0) is 0 Å². The normalized spacial score (nSPS) is 19.6. The van der Waals surface area contributed by atoms with E-state index in [0.29, 0.717) is 37.1 Å². The molecule has 1 amide bonds. The molecule has 1 unspecified atom stereocenters. The lowest BCUT2D eigenvalue weighted by molar-refractivity contribution is 0.0776. The summed E-state index contributed by atoms with van der Waals surface area (Å²) in [6.07, 6.45) is 4.36. The molecule has 0 N–H and O–H groups in total. The fourth-order valence-electron chi connectivity index (χ4n) is 3.18. The Bertz CT molecular complexity index is 808. The molecule has 2 aliphatic rings. The highest BCUT2D eigenvalue weighted by atomic mass is 19.1. The van der Waals surface area contributed by atoms with E-state index >= 15 is 0 Å². The van der Waals surface area contributed by atoms with E-state index in [1.54, 1.807) is 11.8 Å². The molecule has 1 aliphatic heterocycles. The van der Waals surface area contributed by atoms with Crippen LogP contribution in [0.3, 0.4) is 0 Å². The van der Waals surface area contributed by atoms with Gasteiger partial charge in [-0.3, -0.25) is 4.79 Å². The molecule has 26 heavy (non-hydrogen) atoms. The van der Waals surface area contributed by atoms with Crippen LogP contribution in [0, 0.1) is 18.7 Å². The molecule has 4 rings (SSSR count). The number of hydrogen-bond donors (Lipinski definition) is 0. The topological polar surface area (TPSA) is 68.2 Å². The molecule has 0 radical (unpaired) electrons. The number of carbonyl (C=O) groups is 1. The number of aryl methyl sites for hydroxylation is 1. The largest absolute Gasteiger partial charge is 0.476 e. The van der Waals surface area contributed by atoms with Crippen LogP contribution >= 0.6 is 0 Å². The Hall–Kier alpha value is -2.57. The summed E-state index contributed by atoms with van der Waals surface area (Å²) in [5.74, 6) is 0.780. The maximum absolute atomic E-state index is 13.3. The minimum absolute atomic E-state index is 0.163. The van der Waals surface area contributed by atoms with Crippen molar-refractivity contribution in [2.24, 2.45) is 5.92 Å². The number of pyridine rings is 1. The van der Waals surface area contributed by atoms with Gasteiger partial charge in [0.2, 0.25) is 5.88 Å². The van der Waals surface area contributed by atoms with Crippen molar-refractivity contribution in [3.63, 3.8) is 0 Å². The summed E-state index contributed by atoms with van der Waals surface area (Å²) in [5, 5.41) is 8.33. The molecule has 3 heterocycles. The average Bonchev–Trinajstić information content (AvgIpc) is 3.40. The van der Waals surface area contributed by atoms with Gasteiger partial charge in [0.25, 0.3) is 5.91 Å². The van der Waals surface area contributed by atoms with Crippen molar-refractivity contribution in [1.82, 2.24) is 20.1 Å². The van der Waals surface area contributed by atoms with Gasteiger partial charge in [-0.25, -0.2) is 9.37 Å². The lowest BCUT2D eigenvalue weighted by Gasteiger charge is -2.16. The maximum atomic E-state index is 13.3. The highest BCUT2D eigenvalue weighted by Gasteiger charge is 2.29. The Kier molecular flexibility index (Phi) is 4.53. The second-order valence-corrected chi connectivity index (χ2v) is 7.11. The van der Waals surface area contributed by atoms with Gasteiger partial charge in [0.15, 0.2) is 0 Å². The van der Waals surface area contributed by atoms with E-state index in [0.717, 1.165) is 18.3 Å². The van der Waals surface area contributed by atoms with E-state index in [1.165, 1.54) is 18.9 Å². The third-order valence-electron chi connectivity index (χ3n) is 4.96. The summed E-state index contributed by atoms with van der Waals surface area (Å²) >= 11 is 0. The van der Waals surface area contributed by atoms with Crippen molar-refractivity contribution in [2.75, 3.05) is 19.7 Å². The number of ether oxygens (including phenoxy) is 1. The fourth-order valence-corrected chi connectivity index (χ4v) is 3.18. The van der Waals surface area contributed by atoms with E-state index in [-0.39, 0.29) is 17.5 Å². The highest BCUT2D eigenvalue weighted by molar-refractivity contribution is 5.92. The van der Waals surface area contributed by atoms with Crippen LogP contribution in [0.2, 0.25) is 0 Å². The molecule has 0 bridgehead atoms. The molecule has 1 saturated heterocycles. The monoisotopic (exact) mass is 356 g/mol. The van der Waals surface area contributed by atoms with Crippen molar-refractivity contribution in [3.8, 4) is 5.88 Å². The molecule has 6 nitrogen and oxygen atoms in total. The first kappa shape index (κ1) is 16.9. The number of aromatic nitrogens is 3. The number of hydrogen-bond acceptors (Lipinski definition) is 5. The predicted molar refractivity (Wildman–Crippen MR) is 92.4 cm³/mol. The van der Waals surface area contributed by atoms with Gasteiger partial charge >= 0.3 is 0 Å². The highest BCUT2D eigenvalue weighted by Crippen LogP contribution is 2.38. The zero-order valence-electron chi connectivity index (χ0n) is 14.7. The lowest BCUT2D eigenvalue weighted by atomic mass is 10.1. The van der Waals surface area contributed by atoms with Crippen LogP contribution in [0.25, 0.3) is 0 Å². The molecule has 2 aromatic rings. The number of amides is 1. The molecule has 2 aromatic heterocycles. The van der Waals surface area contributed by atoms with Crippen LogP contribution in [0.4, 0.5) is 4.39 Å². The van der Waals surface area contributed by atoms with E-state index < -0.39 is 5.82 Å². The van der Waals surface area contributed by atoms with Gasteiger partial charge in [0.1, 0.15) is 11.5 Å². The molecule has 136 valence electrons. The Morgan fingerprint density at radius 2 is 2.15 bits per heavy atom. The number of carbonyl (C=O) groups excluding carboxylic acids is 1. The zero-order valence-corrected chi connectivity index (χ0v) is 14.7. The van der Waals surface area contributed by atoms with Gasteiger partial charge in [-0.2, -0.15) is 5.10 Å². The third-order valence-corrected chi connectivity index (χ3v) is 4.96. The molecule has 1 aliphatic carbocycles. The van der Waals surface area contributed by atoms with E-state index in [2.05, 4.69) is 15.2 Å². The SMILES string of the molecule is Cc1cc(C(=O)N2CCC(COc3ccc(C4CC4)nn3)C2)ncc1F. The number of rotatable bonds is 5. The predicted octanol–water partition coefficient (Wildman–Crippen LogP) is 2.74. The van der Waals surface area contributed by atoms with Gasteiger partial charge in [0.05, 0.1) is 18.5 Å². The van der Waals surface area contributed by atoms with E-state index in [9.17, 15) is 9.18 Å². The first-order valence-corrected chi connectivity index (χ1v) is 8.98. The summed E-state index contributed by atoms with van der Waals surface area (Å²) in [6, 6.07) is 5.34. The Morgan fingerprint density at radius 3 is 2.85 bits per heavy atom. The number of nitrogens with zero attached hydrogens (tertiary/aromatic N) is 4. The maximum Gasteiger partial charge on any atom is 0.272 e. The number of halogens is 1. The second-order valence-electron chi connectivity index (χ2n) is 7.11. The van der Waals surface area contributed by atoms with Crippen LogP contribution in [-0.4, -0.2) is 45.7 Å². The summed E-state index contributed by atoms with van der Waals surface area (Å²) in [4.78, 5) is 18.2. The zero-order chi connectivity index (χ0) is 18.1. The Morgan fingerprint density at radius 1 is 1.31 bits per heavy atom. The third kappa shape index (κ3) is 3.66. The quantitative estimate of drug-likeness (QED) is 0.824. The van der Waals surface area contributed by atoms with Crippen molar-refractivity contribution >= 4 is 5.91 Å². The van der Waals surface area contributed by atoms with Gasteiger partial charge in [-0.1, -0.05) is 0 Å². The van der Waals surface area contributed by atoms with Crippen molar-refractivity contribution < 1.29 is 13.9 Å². The summed E-state index contributed by atoms with van der Waals surface area (Å²) in [5.41, 5.74) is 1.75. The van der Waals surface area contributed by atoms with Crippen molar-refractivity contribution in [2.45, 2.75) is 32.1 Å². The molecule has 0 aromatic carbocycles. The van der Waals surface area contributed by atoms with E-state index in [4.69, 9.17) is 4.74 Å². The Labute approximate surface area is 151 Å². The standard InChI is InChI=1S/C19H21FN4O2/c1-12-8-17(21-9-15(12)20)19(25)24-7-6-13(10-24)11-26-18-5-4-16(22-23-18)14-2-3-14/h4-5,8-9,13-14H,2-3,6-7,10-11H2,1H3. The summed E-state index contributed by atoms with van der Waals surface area (Å²) < 4.78 is 19.1.